The lowest BCUT2D eigenvalue weighted by Crippen LogP contribution is -1.93. The lowest BCUT2D eigenvalue weighted by Gasteiger charge is -2.08. The predicted molar refractivity (Wildman–Crippen MR) is 110 cm³/mol. The van der Waals surface area contributed by atoms with Crippen LogP contribution in [0.5, 0.6) is 0 Å². The number of hydrogen-bond acceptors (Lipinski definition) is 2. The molecule has 1 unspecified atom stereocenters. The van der Waals surface area contributed by atoms with Gasteiger partial charge in [0.15, 0.2) is 0 Å². The summed E-state index contributed by atoms with van der Waals surface area (Å²) in [6.45, 7) is 3.73. The SMILES string of the molecule is CCC(C)O.c1ccc(Cc2cccc3nc4ccccc4cc23)cc1. The van der Waals surface area contributed by atoms with Gasteiger partial charge in [0.2, 0.25) is 0 Å². The fraction of sp³-hybridized carbons (Fsp3) is 0.208. The molecule has 1 N–H and O–H groups in total. The smallest absolute Gasteiger partial charge is 0.0712 e. The predicted octanol–water partition coefficient (Wildman–Crippen LogP) is 5.76. The monoisotopic (exact) mass is 343 g/mol. The van der Waals surface area contributed by atoms with Crippen LogP contribution in [0, 0.1) is 0 Å². The molecule has 1 atom stereocenters. The van der Waals surface area contributed by atoms with E-state index in [1.165, 1.54) is 21.9 Å². The molecule has 0 amide bonds. The van der Waals surface area contributed by atoms with Gasteiger partial charge in [0.1, 0.15) is 0 Å². The van der Waals surface area contributed by atoms with Crippen LogP contribution in [0.4, 0.5) is 0 Å². The molecule has 4 aromatic rings. The highest BCUT2D eigenvalue weighted by molar-refractivity contribution is 5.94. The first-order valence-corrected chi connectivity index (χ1v) is 9.16. The summed E-state index contributed by atoms with van der Waals surface area (Å²) in [6, 6.07) is 27.5. The molecule has 1 aromatic heterocycles. The molecule has 0 saturated heterocycles. The Kier molecular flexibility index (Phi) is 5.98. The highest BCUT2D eigenvalue weighted by Gasteiger charge is 2.05. The van der Waals surface area contributed by atoms with Gasteiger partial charge in [-0.15, -0.1) is 0 Å². The molecule has 1 heterocycles. The van der Waals surface area contributed by atoms with Crippen LogP contribution in [-0.4, -0.2) is 16.2 Å². The Morgan fingerprint density at radius 3 is 2.23 bits per heavy atom. The van der Waals surface area contributed by atoms with Crippen LogP contribution < -0.4 is 0 Å². The Morgan fingerprint density at radius 2 is 1.50 bits per heavy atom. The topological polar surface area (TPSA) is 33.1 Å². The van der Waals surface area contributed by atoms with Crippen molar-refractivity contribution in [1.82, 2.24) is 4.98 Å². The maximum absolute atomic E-state index is 8.36. The number of para-hydroxylation sites is 1. The maximum atomic E-state index is 8.36. The number of benzene rings is 3. The zero-order valence-corrected chi connectivity index (χ0v) is 15.4. The van der Waals surface area contributed by atoms with Gasteiger partial charge in [-0.1, -0.05) is 67.6 Å². The summed E-state index contributed by atoms with van der Waals surface area (Å²) >= 11 is 0. The van der Waals surface area contributed by atoms with E-state index in [2.05, 4.69) is 72.8 Å². The number of aromatic nitrogens is 1. The van der Waals surface area contributed by atoms with E-state index < -0.39 is 0 Å². The van der Waals surface area contributed by atoms with Gasteiger partial charge in [-0.25, -0.2) is 4.98 Å². The number of aliphatic hydroxyl groups excluding tert-OH is 1. The number of fused-ring (bicyclic) bond motifs is 2. The van der Waals surface area contributed by atoms with E-state index >= 15 is 0 Å². The van der Waals surface area contributed by atoms with Gasteiger partial charge in [-0.2, -0.15) is 0 Å². The number of pyridine rings is 1. The molecule has 3 aromatic carbocycles. The molecule has 2 nitrogen and oxygen atoms in total. The molecule has 0 spiro atoms. The molecule has 0 aliphatic heterocycles. The summed E-state index contributed by atoms with van der Waals surface area (Å²) in [5.41, 5.74) is 4.79. The van der Waals surface area contributed by atoms with E-state index in [0.717, 1.165) is 23.9 Å². The van der Waals surface area contributed by atoms with Crippen molar-refractivity contribution >= 4 is 21.8 Å². The van der Waals surface area contributed by atoms with E-state index in [9.17, 15) is 0 Å². The van der Waals surface area contributed by atoms with Crippen molar-refractivity contribution in [1.29, 1.82) is 0 Å². The van der Waals surface area contributed by atoms with Crippen molar-refractivity contribution in [3.8, 4) is 0 Å². The first kappa shape index (κ1) is 18.1. The summed E-state index contributed by atoms with van der Waals surface area (Å²) in [5, 5.41) is 10.8. The van der Waals surface area contributed by atoms with E-state index in [4.69, 9.17) is 10.1 Å². The largest absolute Gasteiger partial charge is 0.393 e. The fourth-order valence-corrected chi connectivity index (χ4v) is 2.83. The highest BCUT2D eigenvalue weighted by atomic mass is 16.3. The number of nitrogens with zero attached hydrogens (tertiary/aromatic N) is 1. The van der Waals surface area contributed by atoms with Crippen LogP contribution >= 0.6 is 0 Å². The Labute approximate surface area is 155 Å². The van der Waals surface area contributed by atoms with Crippen molar-refractivity contribution in [2.45, 2.75) is 32.8 Å². The van der Waals surface area contributed by atoms with Crippen LogP contribution in [0.25, 0.3) is 21.8 Å². The lowest BCUT2D eigenvalue weighted by molar-refractivity contribution is 0.191. The summed E-state index contributed by atoms with van der Waals surface area (Å²) in [5.74, 6) is 0. The average Bonchev–Trinajstić information content (AvgIpc) is 2.68. The minimum absolute atomic E-state index is 0.116. The molecule has 0 aliphatic carbocycles. The zero-order valence-electron chi connectivity index (χ0n) is 15.4. The minimum atomic E-state index is -0.116. The summed E-state index contributed by atoms with van der Waals surface area (Å²) in [6.07, 6.45) is 1.69. The van der Waals surface area contributed by atoms with Crippen molar-refractivity contribution in [2.75, 3.05) is 0 Å². The van der Waals surface area contributed by atoms with Crippen LogP contribution in [0.1, 0.15) is 31.4 Å². The van der Waals surface area contributed by atoms with Crippen LogP contribution in [0.3, 0.4) is 0 Å². The van der Waals surface area contributed by atoms with Crippen molar-refractivity contribution in [2.24, 2.45) is 0 Å². The second-order valence-electron chi connectivity index (χ2n) is 6.58. The first-order chi connectivity index (χ1) is 12.7. The maximum Gasteiger partial charge on any atom is 0.0712 e. The normalized spacial score (nSPS) is 11.8. The van der Waals surface area contributed by atoms with E-state index in [1.54, 1.807) is 6.92 Å². The van der Waals surface area contributed by atoms with Crippen molar-refractivity contribution in [3.63, 3.8) is 0 Å². The molecule has 26 heavy (non-hydrogen) atoms. The summed E-state index contributed by atoms with van der Waals surface area (Å²) in [7, 11) is 0. The third kappa shape index (κ3) is 4.47. The van der Waals surface area contributed by atoms with Gasteiger partial charge in [-0.05, 0) is 49.1 Å². The molecule has 132 valence electrons. The van der Waals surface area contributed by atoms with Crippen LogP contribution in [-0.2, 0) is 6.42 Å². The Hall–Kier alpha value is -2.71. The quantitative estimate of drug-likeness (QED) is 0.480. The average molecular weight is 343 g/mol. The molecule has 2 heteroatoms. The van der Waals surface area contributed by atoms with Crippen molar-refractivity contribution in [3.05, 3.63) is 90.0 Å². The summed E-state index contributed by atoms with van der Waals surface area (Å²) in [4.78, 5) is 4.78. The molecule has 0 fully saturated rings. The third-order valence-electron chi connectivity index (χ3n) is 4.48. The molecular weight excluding hydrogens is 318 g/mol. The standard InChI is InChI=1S/C20H15N.C4H10O/c1-2-7-15(8-3-1)13-16-10-6-12-20-18(16)14-17-9-4-5-11-19(17)21-20;1-3-4(2)5/h1-12,14H,13H2;4-5H,3H2,1-2H3. The fourth-order valence-electron chi connectivity index (χ4n) is 2.83. The lowest BCUT2D eigenvalue weighted by atomic mass is 9.99. The third-order valence-corrected chi connectivity index (χ3v) is 4.48. The zero-order chi connectivity index (χ0) is 18.4. The van der Waals surface area contributed by atoms with Gasteiger partial charge < -0.3 is 5.11 Å². The Bertz CT molecular complexity index is 977. The molecule has 0 saturated carbocycles. The summed E-state index contributed by atoms with van der Waals surface area (Å²) < 4.78 is 0. The molecule has 0 radical (unpaired) electrons. The highest BCUT2D eigenvalue weighted by Crippen LogP contribution is 2.24. The molecule has 4 rings (SSSR count). The van der Waals surface area contributed by atoms with Crippen LogP contribution in [0.15, 0.2) is 78.9 Å². The number of rotatable bonds is 3. The first-order valence-electron chi connectivity index (χ1n) is 9.16. The van der Waals surface area contributed by atoms with Gasteiger partial charge in [0.25, 0.3) is 0 Å². The number of aliphatic hydroxyl groups is 1. The second kappa shape index (κ2) is 8.59. The molecule has 0 aliphatic rings. The van der Waals surface area contributed by atoms with Gasteiger partial charge in [-0.3, -0.25) is 0 Å². The van der Waals surface area contributed by atoms with E-state index in [-0.39, 0.29) is 6.10 Å². The minimum Gasteiger partial charge on any atom is -0.393 e. The van der Waals surface area contributed by atoms with Crippen LogP contribution in [0.2, 0.25) is 0 Å². The van der Waals surface area contributed by atoms with E-state index in [1.807, 2.05) is 13.0 Å². The van der Waals surface area contributed by atoms with E-state index in [0.29, 0.717) is 0 Å². The Morgan fingerprint density at radius 1 is 0.846 bits per heavy atom. The second-order valence-corrected chi connectivity index (χ2v) is 6.58. The van der Waals surface area contributed by atoms with Gasteiger partial charge >= 0.3 is 0 Å². The molecule has 0 bridgehead atoms. The van der Waals surface area contributed by atoms with Gasteiger partial charge in [0, 0.05) is 10.8 Å². The van der Waals surface area contributed by atoms with Gasteiger partial charge in [0.05, 0.1) is 17.1 Å². The van der Waals surface area contributed by atoms with Crippen molar-refractivity contribution < 1.29 is 5.11 Å². The molecular formula is C24H25NO. The number of hydrogen-bond donors (Lipinski definition) is 1. The Balaban J connectivity index is 0.000000349.